The summed E-state index contributed by atoms with van der Waals surface area (Å²) < 4.78 is 5.73. The van der Waals surface area contributed by atoms with Gasteiger partial charge in [0.1, 0.15) is 5.54 Å². The third kappa shape index (κ3) is 3.43. The topological polar surface area (TPSA) is 67.6 Å². The number of fused-ring (bicyclic) bond motifs is 1. The highest BCUT2D eigenvalue weighted by Crippen LogP contribution is 2.50. The molecule has 1 aliphatic heterocycles. The molecular formula is C24H31N3O2. The minimum Gasteiger partial charge on any atom is -0.378 e. The van der Waals surface area contributed by atoms with E-state index in [1.54, 1.807) is 0 Å². The normalized spacial score (nSPS) is 24.7. The maximum Gasteiger partial charge on any atom is 0.245 e. The number of para-hydroxylation sites is 1. The molecule has 3 N–H and O–H groups in total. The molecule has 1 aliphatic carbocycles. The Labute approximate surface area is 173 Å². The van der Waals surface area contributed by atoms with E-state index in [1.807, 2.05) is 32.9 Å². The summed E-state index contributed by atoms with van der Waals surface area (Å²) in [5, 5.41) is 3.01. The molecule has 4 rings (SSSR count). The molecule has 1 fully saturated rings. The maximum atomic E-state index is 12.9. The first-order valence-corrected chi connectivity index (χ1v) is 10.5. The fraction of sp³-hybridized carbons (Fsp3) is 0.458. The molecule has 5 nitrogen and oxygen atoms in total. The van der Waals surface area contributed by atoms with Crippen LogP contribution >= 0.6 is 0 Å². The molecule has 2 unspecified atom stereocenters. The van der Waals surface area contributed by atoms with E-state index >= 15 is 0 Å². The number of rotatable bonds is 6. The van der Waals surface area contributed by atoms with E-state index in [-0.39, 0.29) is 12.0 Å². The van der Waals surface area contributed by atoms with Gasteiger partial charge in [-0.05, 0) is 42.7 Å². The van der Waals surface area contributed by atoms with Gasteiger partial charge in [0.05, 0.1) is 6.10 Å². The molecule has 29 heavy (non-hydrogen) atoms. The zero-order valence-electron chi connectivity index (χ0n) is 17.6. The van der Waals surface area contributed by atoms with Crippen LogP contribution in [0.25, 0.3) is 0 Å². The van der Waals surface area contributed by atoms with E-state index in [4.69, 9.17) is 10.5 Å². The number of hydrogen-bond donors (Lipinski definition) is 2. The fourth-order valence-electron chi connectivity index (χ4n) is 4.55. The molecule has 1 heterocycles. The van der Waals surface area contributed by atoms with E-state index in [0.29, 0.717) is 13.0 Å². The van der Waals surface area contributed by atoms with Crippen molar-refractivity contribution < 1.29 is 9.53 Å². The van der Waals surface area contributed by atoms with Gasteiger partial charge in [0.15, 0.2) is 0 Å². The number of carbonyl (C=O) groups excluding carboxylic acids is 1. The van der Waals surface area contributed by atoms with Crippen molar-refractivity contribution in [1.82, 2.24) is 0 Å². The standard InChI is InChI=1S/C24H31N3O2/c1-4-29-21-15-24(25,23(21,2)3)22(28)26-19-11-9-17(10-12-19)16-27-14-13-18-7-5-6-8-20(18)27/h5-12,21H,4,13-16,25H2,1-3H3,(H,26,28). The molecule has 5 heteroatoms. The van der Waals surface area contributed by atoms with E-state index < -0.39 is 11.0 Å². The number of nitrogens with zero attached hydrogens (tertiary/aromatic N) is 1. The van der Waals surface area contributed by atoms with Gasteiger partial charge in [0, 0.05) is 42.9 Å². The monoisotopic (exact) mass is 393 g/mol. The Kier molecular flexibility index (Phi) is 5.13. The molecule has 154 valence electrons. The number of nitrogens with two attached hydrogens (primary N) is 1. The lowest BCUT2D eigenvalue weighted by atomic mass is 9.54. The van der Waals surface area contributed by atoms with Crippen molar-refractivity contribution in [2.75, 3.05) is 23.4 Å². The molecule has 0 radical (unpaired) electrons. The van der Waals surface area contributed by atoms with Crippen molar-refractivity contribution in [2.45, 2.75) is 51.8 Å². The molecule has 0 saturated heterocycles. The van der Waals surface area contributed by atoms with Gasteiger partial charge in [-0.2, -0.15) is 0 Å². The average molecular weight is 394 g/mol. The third-order valence-electron chi connectivity index (χ3n) is 6.80. The number of ether oxygens (including phenoxy) is 1. The Balaban J connectivity index is 1.38. The van der Waals surface area contributed by atoms with Crippen molar-refractivity contribution in [2.24, 2.45) is 11.1 Å². The highest BCUT2D eigenvalue weighted by atomic mass is 16.5. The molecular weight excluding hydrogens is 362 g/mol. The zero-order chi connectivity index (χ0) is 20.6. The molecule has 2 aromatic carbocycles. The summed E-state index contributed by atoms with van der Waals surface area (Å²) in [7, 11) is 0. The highest BCUT2D eigenvalue weighted by Gasteiger charge is 2.62. The van der Waals surface area contributed by atoms with Gasteiger partial charge < -0.3 is 20.7 Å². The Morgan fingerprint density at radius 1 is 1.21 bits per heavy atom. The summed E-state index contributed by atoms with van der Waals surface area (Å²) in [6, 6.07) is 16.7. The Morgan fingerprint density at radius 2 is 1.93 bits per heavy atom. The summed E-state index contributed by atoms with van der Waals surface area (Å²) >= 11 is 0. The average Bonchev–Trinajstić information content (AvgIpc) is 3.12. The van der Waals surface area contributed by atoms with Crippen LogP contribution in [0.5, 0.6) is 0 Å². The molecule has 2 aromatic rings. The first kappa shape index (κ1) is 19.9. The second kappa shape index (κ2) is 7.47. The van der Waals surface area contributed by atoms with Gasteiger partial charge in [-0.15, -0.1) is 0 Å². The lowest BCUT2D eigenvalue weighted by Crippen LogP contribution is -2.74. The number of nitrogens with one attached hydrogen (secondary N) is 1. The van der Waals surface area contributed by atoms with Crippen LogP contribution in [-0.4, -0.2) is 30.7 Å². The van der Waals surface area contributed by atoms with E-state index in [2.05, 4.69) is 46.6 Å². The summed E-state index contributed by atoms with van der Waals surface area (Å²) in [5.41, 5.74) is 9.92. The van der Waals surface area contributed by atoms with Crippen LogP contribution in [0, 0.1) is 5.41 Å². The fourth-order valence-corrected chi connectivity index (χ4v) is 4.55. The minimum absolute atomic E-state index is 0.0222. The molecule has 0 aromatic heterocycles. The smallest absolute Gasteiger partial charge is 0.245 e. The van der Waals surface area contributed by atoms with Crippen LogP contribution in [0.1, 0.15) is 38.3 Å². The Bertz CT molecular complexity index is 893. The second-order valence-electron chi connectivity index (χ2n) is 8.79. The van der Waals surface area contributed by atoms with Crippen LogP contribution in [0.4, 0.5) is 11.4 Å². The molecule has 0 bridgehead atoms. The minimum atomic E-state index is -0.912. The predicted octanol–water partition coefficient (Wildman–Crippen LogP) is 3.72. The first-order chi connectivity index (χ1) is 13.8. The maximum absolute atomic E-state index is 12.9. The van der Waals surface area contributed by atoms with E-state index in [9.17, 15) is 4.79 Å². The van der Waals surface area contributed by atoms with Crippen LogP contribution < -0.4 is 16.0 Å². The number of hydrogen-bond acceptors (Lipinski definition) is 4. The molecule has 2 aliphatic rings. The lowest BCUT2D eigenvalue weighted by Gasteiger charge is -2.57. The van der Waals surface area contributed by atoms with Crippen molar-refractivity contribution in [3.63, 3.8) is 0 Å². The number of amides is 1. The van der Waals surface area contributed by atoms with Gasteiger partial charge in [-0.1, -0.05) is 44.2 Å². The van der Waals surface area contributed by atoms with Crippen molar-refractivity contribution in [3.8, 4) is 0 Å². The van der Waals surface area contributed by atoms with Gasteiger partial charge in [0.25, 0.3) is 0 Å². The van der Waals surface area contributed by atoms with Crippen molar-refractivity contribution in [3.05, 3.63) is 59.7 Å². The van der Waals surface area contributed by atoms with E-state index in [0.717, 1.165) is 25.2 Å². The zero-order valence-corrected chi connectivity index (χ0v) is 17.6. The van der Waals surface area contributed by atoms with Gasteiger partial charge in [0.2, 0.25) is 5.91 Å². The van der Waals surface area contributed by atoms with Crippen LogP contribution in [0.15, 0.2) is 48.5 Å². The van der Waals surface area contributed by atoms with Gasteiger partial charge >= 0.3 is 0 Å². The summed E-state index contributed by atoms with van der Waals surface area (Å²) in [4.78, 5) is 15.3. The summed E-state index contributed by atoms with van der Waals surface area (Å²) in [5.74, 6) is -0.139. The largest absolute Gasteiger partial charge is 0.378 e. The van der Waals surface area contributed by atoms with Crippen LogP contribution in [-0.2, 0) is 22.5 Å². The van der Waals surface area contributed by atoms with Gasteiger partial charge in [-0.3, -0.25) is 4.79 Å². The summed E-state index contributed by atoms with van der Waals surface area (Å²) in [6.07, 6.45) is 1.67. The number of benzene rings is 2. The Morgan fingerprint density at radius 3 is 2.62 bits per heavy atom. The Hall–Kier alpha value is -2.37. The van der Waals surface area contributed by atoms with Crippen LogP contribution in [0.3, 0.4) is 0 Å². The molecule has 2 atom stereocenters. The quantitative estimate of drug-likeness (QED) is 0.785. The number of carbonyl (C=O) groups is 1. The molecule has 0 spiro atoms. The van der Waals surface area contributed by atoms with Gasteiger partial charge in [-0.25, -0.2) is 0 Å². The third-order valence-corrected chi connectivity index (χ3v) is 6.80. The SMILES string of the molecule is CCOC1CC(N)(C(=O)Nc2ccc(CN3CCc4ccccc43)cc2)C1(C)C. The molecule has 1 saturated carbocycles. The second-order valence-corrected chi connectivity index (χ2v) is 8.79. The molecule has 1 amide bonds. The van der Waals surface area contributed by atoms with Crippen molar-refractivity contribution in [1.29, 1.82) is 0 Å². The highest BCUT2D eigenvalue weighted by molar-refractivity contribution is 5.99. The number of anilines is 2. The van der Waals surface area contributed by atoms with Crippen LogP contribution in [0.2, 0.25) is 0 Å². The summed E-state index contributed by atoms with van der Waals surface area (Å²) in [6.45, 7) is 8.53. The van der Waals surface area contributed by atoms with Crippen molar-refractivity contribution >= 4 is 17.3 Å². The first-order valence-electron chi connectivity index (χ1n) is 10.5. The predicted molar refractivity (Wildman–Crippen MR) is 117 cm³/mol. The van der Waals surface area contributed by atoms with E-state index in [1.165, 1.54) is 16.8 Å². The lowest BCUT2D eigenvalue weighted by molar-refractivity contribution is -0.166.